The monoisotopic (exact) mass is 284 g/mol. The minimum Gasteiger partial charge on any atom is -0.460 e. The first-order chi connectivity index (χ1) is 9.28. The maximum absolute atomic E-state index is 12.2. The van der Waals surface area contributed by atoms with Gasteiger partial charge in [0.05, 0.1) is 6.61 Å². The molecular formula is C16H28O4. The van der Waals surface area contributed by atoms with Crippen LogP contribution in [0.15, 0.2) is 0 Å². The zero-order valence-corrected chi connectivity index (χ0v) is 13.3. The van der Waals surface area contributed by atoms with Gasteiger partial charge in [-0.2, -0.15) is 0 Å². The van der Waals surface area contributed by atoms with E-state index in [1.165, 1.54) is 6.42 Å². The number of esters is 1. The summed E-state index contributed by atoms with van der Waals surface area (Å²) in [7, 11) is 0. The van der Waals surface area contributed by atoms with Crippen molar-refractivity contribution < 1.29 is 19.0 Å². The number of ether oxygens (including phenoxy) is 3. The van der Waals surface area contributed by atoms with E-state index in [1.807, 2.05) is 13.8 Å². The second-order valence-corrected chi connectivity index (χ2v) is 7.12. The molecule has 0 spiro atoms. The zero-order chi connectivity index (χ0) is 14.9. The summed E-state index contributed by atoms with van der Waals surface area (Å²) in [6, 6.07) is 0. The van der Waals surface area contributed by atoms with Crippen LogP contribution in [0.25, 0.3) is 0 Å². The van der Waals surface area contributed by atoms with Gasteiger partial charge < -0.3 is 14.2 Å². The standard InChI is InChI=1S/C16H28O4/c1-10(2)12-7-6-11(3)8-13(12)19-15(17)14-9-18-16(4,5)20-14/h10-14H,6-9H2,1-5H3/t11?,12-,13+,14?/m0/s1. The highest BCUT2D eigenvalue weighted by atomic mass is 16.8. The third kappa shape index (κ3) is 3.73. The van der Waals surface area contributed by atoms with Crippen molar-refractivity contribution in [3.05, 3.63) is 0 Å². The Balaban J connectivity index is 1.94. The predicted octanol–water partition coefficient (Wildman–Crippen LogP) is 3.14. The largest absolute Gasteiger partial charge is 0.460 e. The second-order valence-electron chi connectivity index (χ2n) is 7.12. The average molecular weight is 284 g/mol. The molecule has 0 aromatic carbocycles. The normalized spacial score (nSPS) is 37.1. The van der Waals surface area contributed by atoms with Crippen molar-refractivity contribution in [1.82, 2.24) is 0 Å². The van der Waals surface area contributed by atoms with Gasteiger partial charge in [-0.05, 0) is 44.4 Å². The summed E-state index contributed by atoms with van der Waals surface area (Å²) in [5.41, 5.74) is 0. The van der Waals surface area contributed by atoms with E-state index in [9.17, 15) is 4.79 Å². The topological polar surface area (TPSA) is 44.8 Å². The third-order valence-corrected chi connectivity index (χ3v) is 4.50. The smallest absolute Gasteiger partial charge is 0.338 e. The van der Waals surface area contributed by atoms with Gasteiger partial charge in [0.2, 0.25) is 0 Å². The van der Waals surface area contributed by atoms with Crippen molar-refractivity contribution >= 4 is 5.97 Å². The summed E-state index contributed by atoms with van der Waals surface area (Å²) in [5, 5.41) is 0. The lowest BCUT2D eigenvalue weighted by molar-refractivity contribution is -0.179. The molecule has 4 heteroatoms. The fourth-order valence-corrected chi connectivity index (χ4v) is 3.28. The Morgan fingerprint density at radius 3 is 2.55 bits per heavy atom. The van der Waals surface area contributed by atoms with E-state index < -0.39 is 11.9 Å². The van der Waals surface area contributed by atoms with Crippen molar-refractivity contribution in [3.8, 4) is 0 Å². The first-order valence-corrected chi connectivity index (χ1v) is 7.81. The molecule has 0 amide bonds. The van der Waals surface area contributed by atoms with Crippen molar-refractivity contribution in [2.75, 3.05) is 6.61 Å². The molecule has 2 unspecified atom stereocenters. The molecule has 2 fully saturated rings. The molecule has 2 rings (SSSR count). The number of carbonyl (C=O) groups is 1. The Morgan fingerprint density at radius 1 is 1.30 bits per heavy atom. The molecular weight excluding hydrogens is 256 g/mol. The Labute approximate surface area is 122 Å². The van der Waals surface area contributed by atoms with Gasteiger partial charge >= 0.3 is 5.97 Å². The van der Waals surface area contributed by atoms with Gasteiger partial charge in [0.15, 0.2) is 11.9 Å². The maximum Gasteiger partial charge on any atom is 0.338 e. The molecule has 4 atom stereocenters. The van der Waals surface area contributed by atoms with E-state index >= 15 is 0 Å². The van der Waals surface area contributed by atoms with Crippen molar-refractivity contribution in [1.29, 1.82) is 0 Å². The Hall–Kier alpha value is -0.610. The highest BCUT2D eigenvalue weighted by molar-refractivity contribution is 5.75. The molecule has 1 heterocycles. The van der Waals surface area contributed by atoms with Gasteiger partial charge in [-0.3, -0.25) is 0 Å². The summed E-state index contributed by atoms with van der Waals surface area (Å²) in [6.07, 6.45) is 2.79. The van der Waals surface area contributed by atoms with Crippen molar-refractivity contribution in [3.63, 3.8) is 0 Å². The summed E-state index contributed by atoms with van der Waals surface area (Å²) in [4.78, 5) is 12.2. The first-order valence-electron chi connectivity index (χ1n) is 7.81. The molecule has 1 aliphatic carbocycles. The Morgan fingerprint density at radius 2 is 2.00 bits per heavy atom. The molecule has 1 saturated carbocycles. The minimum atomic E-state index is -0.680. The zero-order valence-electron chi connectivity index (χ0n) is 13.3. The number of rotatable bonds is 3. The summed E-state index contributed by atoms with van der Waals surface area (Å²) in [5.74, 6) is 0.685. The molecule has 2 aliphatic rings. The summed E-state index contributed by atoms with van der Waals surface area (Å²) < 4.78 is 16.8. The van der Waals surface area contributed by atoms with Gasteiger partial charge in [0.25, 0.3) is 0 Å². The van der Waals surface area contributed by atoms with E-state index in [0.717, 1.165) is 12.8 Å². The second kappa shape index (κ2) is 6.02. The number of carbonyl (C=O) groups excluding carboxylic acids is 1. The van der Waals surface area contributed by atoms with Gasteiger partial charge in [0, 0.05) is 0 Å². The predicted molar refractivity (Wildman–Crippen MR) is 76.1 cm³/mol. The molecule has 0 radical (unpaired) electrons. The molecule has 20 heavy (non-hydrogen) atoms. The SMILES string of the molecule is CC1CC[C@@H](C(C)C)[C@H](OC(=O)C2COC(C)(C)O2)C1. The maximum atomic E-state index is 12.2. The Kier molecular flexibility index (Phi) is 4.75. The van der Waals surface area contributed by atoms with E-state index in [0.29, 0.717) is 24.4 Å². The van der Waals surface area contributed by atoms with Crippen LogP contribution in [0.1, 0.15) is 53.9 Å². The van der Waals surface area contributed by atoms with Gasteiger partial charge in [-0.15, -0.1) is 0 Å². The summed E-state index contributed by atoms with van der Waals surface area (Å²) >= 11 is 0. The summed E-state index contributed by atoms with van der Waals surface area (Å²) in [6.45, 7) is 10.6. The third-order valence-electron chi connectivity index (χ3n) is 4.50. The lowest BCUT2D eigenvalue weighted by atomic mass is 9.75. The van der Waals surface area contributed by atoms with Crippen LogP contribution in [0, 0.1) is 17.8 Å². The molecule has 4 nitrogen and oxygen atoms in total. The van der Waals surface area contributed by atoms with Gasteiger partial charge in [-0.1, -0.05) is 27.2 Å². The molecule has 1 aliphatic heterocycles. The first kappa shape index (κ1) is 15.8. The van der Waals surface area contributed by atoms with Crippen LogP contribution in [0.2, 0.25) is 0 Å². The molecule has 0 N–H and O–H groups in total. The molecule has 1 saturated heterocycles. The lowest BCUT2D eigenvalue weighted by Gasteiger charge is -2.37. The van der Waals surface area contributed by atoms with Gasteiger partial charge in [0.1, 0.15) is 6.10 Å². The van der Waals surface area contributed by atoms with Crippen LogP contribution < -0.4 is 0 Å². The number of hydrogen-bond donors (Lipinski definition) is 0. The highest BCUT2D eigenvalue weighted by Gasteiger charge is 2.40. The molecule has 0 aromatic heterocycles. The molecule has 116 valence electrons. The van der Waals surface area contributed by atoms with Crippen LogP contribution in [-0.4, -0.2) is 30.6 Å². The van der Waals surface area contributed by atoms with E-state index in [2.05, 4.69) is 20.8 Å². The highest BCUT2D eigenvalue weighted by Crippen LogP contribution is 2.36. The Bertz CT molecular complexity index is 350. The van der Waals surface area contributed by atoms with Crippen LogP contribution in [-0.2, 0) is 19.0 Å². The lowest BCUT2D eigenvalue weighted by Crippen LogP contribution is -2.39. The quantitative estimate of drug-likeness (QED) is 0.747. The van der Waals surface area contributed by atoms with E-state index in [1.54, 1.807) is 0 Å². The van der Waals surface area contributed by atoms with Crippen LogP contribution in [0.3, 0.4) is 0 Å². The van der Waals surface area contributed by atoms with E-state index in [4.69, 9.17) is 14.2 Å². The van der Waals surface area contributed by atoms with E-state index in [-0.39, 0.29) is 12.1 Å². The molecule has 0 bridgehead atoms. The van der Waals surface area contributed by atoms with Crippen molar-refractivity contribution in [2.45, 2.75) is 71.9 Å². The number of hydrogen-bond acceptors (Lipinski definition) is 4. The van der Waals surface area contributed by atoms with Gasteiger partial charge in [-0.25, -0.2) is 4.79 Å². The minimum absolute atomic E-state index is 0.0264. The van der Waals surface area contributed by atoms with Crippen molar-refractivity contribution in [2.24, 2.45) is 17.8 Å². The van der Waals surface area contributed by atoms with Crippen LogP contribution in [0.4, 0.5) is 0 Å². The fourth-order valence-electron chi connectivity index (χ4n) is 3.28. The molecule has 0 aromatic rings. The van der Waals surface area contributed by atoms with Crippen LogP contribution in [0.5, 0.6) is 0 Å². The van der Waals surface area contributed by atoms with Crippen LogP contribution >= 0.6 is 0 Å². The average Bonchev–Trinajstić information content (AvgIpc) is 2.69. The fraction of sp³-hybridized carbons (Fsp3) is 0.938.